The minimum Gasteiger partial charge on any atom is -0.395 e. The molecule has 0 radical (unpaired) electrons. The first kappa shape index (κ1) is 19.7. The third-order valence-electron chi connectivity index (χ3n) is 6.26. The zero-order valence-electron chi connectivity index (χ0n) is 17.4. The molecule has 2 aliphatic rings. The number of alkyl halides is 2. The van der Waals surface area contributed by atoms with Crippen molar-refractivity contribution in [2.24, 2.45) is 0 Å². The highest BCUT2D eigenvalue weighted by Crippen LogP contribution is 2.48. The summed E-state index contributed by atoms with van der Waals surface area (Å²) < 4.78 is 36.8. The van der Waals surface area contributed by atoms with Gasteiger partial charge in [-0.2, -0.15) is 0 Å². The van der Waals surface area contributed by atoms with Crippen molar-refractivity contribution in [2.75, 3.05) is 13.1 Å². The van der Waals surface area contributed by atoms with Crippen molar-refractivity contribution in [2.45, 2.75) is 32.1 Å². The van der Waals surface area contributed by atoms with Crippen LogP contribution >= 0.6 is 11.3 Å². The molecule has 164 valence electrons. The summed E-state index contributed by atoms with van der Waals surface area (Å²) in [5.74, 6) is 0.0754. The highest BCUT2D eigenvalue weighted by Gasteiger charge is 2.44. The normalized spacial score (nSPS) is 18.5. The molecule has 32 heavy (non-hydrogen) atoms. The molecule has 0 bridgehead atoms. The number of likely N-dealkylation sites (tertiary alicyclic amines) is 1. The van der Waals surface area contributed by atoms with E-state index in [1.165, 1.54) is 23.8 Å². The van der Waals surface area contributed by atoms with Crippen molar-refractivity contribution in [3.8, 4) is 33.1 Å². The number of ether oxygens (including phenoxy) is 2. The van der Waals surface area contributed by atoms with Gasteiger partial charge < -0.3 is 14.5 Å². The summed E-state index contributed by atoms with van der Waals surface area (Å²) in [7, 11) is 0. The number of hydrogen-bond acceptors (Lipinski definition) is 5. The Morgan fingerprint density at radius 2 is 1.97 bits per heavy atom. The lowest BCUT2D eigenvalue weighted by molar-refractivity contribution is -0.286. The van der Waals surface area contributed by atoms with Gasteiger partial charge in [-0.25, -0.2) is 4.98 Å². The first-order valence-corrected chi connectivity index (χ1v) is 11.5. The lowest BCUT2D eigenvalue weighted by Gasteiger charge is -2.22. The molecule has 4 aromatic rings. The summed E-state index contributed by atoms with van der Waals surface area (Å²) in [6.45, 7) is 4.57. The van der Waals surface area contributed by atoms with Crippen LogP contribution in [0.1, 0.15) is 30.7 Å². The van der Waals surface area contributed by atoms with E-state index >= 15 is 0 Å². The van der Waals surface area contributed by atoms with E-state index in [-0.39, 0.29) is 11.5 Å². The average Bonchev–Trinajstić information content (AvgIpc) is 3.57. The summed E-state index contributed by atoms with van der Waals surface area (Å²) in [5.41, 5.74) is 2.97. The topological polar surface area (TPSA) is 50.4 Å². The summed E-state index contributed by atoms with van der Waals surface area (Å²) in [4.78, 5) is 12.7. The molecule has 1 atom stereocenters. The molecule has 5 nitrogen and oxygen atoms in total. The van der Waals surface area contributed by atoms with Crippen LogP contribution in [-0.4, -0.2) is 34.3 Å². The molecule has 1 unspecified atom stereocenters. The summed E-state index contributed by atoms with van der Waals surface area (Å²) in [5, 5.41) is 0.845. The van der Waals surface area contributed by atoms with Crippen LogP contribution in [-0.2, 0) is 0 Å². The molecule has 1 fully saturated rings. The highest BCUT2D eigenvalue weighted by atomic mass is 32.1. The summed E-state index contributed by atoms with van der Waals surface area (Å²) in [6, 6.07) is 11.7. The number of pyridine rings is 1. The van der Waals surface area contributed by atoms with Crippen molar-refractivity contribution in [3.63, 3.8) is 0 Å². The Morgan fingerprint density at radius 1 is 1.12 bits per heavy atom. The van der Waals surface area contributed by atoms with Crippen molar-refractivity contribution >= 4 is 22.4 Å². The lowest BCUT2D eigenvalue weighted by Crippen LogP contribution is -2.26. The van der Waals surface area contributed by atoms with Gasteiger partial charge in [0.05, 0.1) is 0 Å². The minimum atomic E-state index is -3.66. The largest absolute Gasteiger partial charge is 0.586 e. The first-order chi connectivity index (χ1) is 15.5. The van der Waals surface area contributed by atoms with Gasteiger partial charge in [0.25, 0.3) is 0 Å². The van der Waals surface area contributed by atoms with Crippen LogP contribution in [0.4, 0.5) is 8.78 Å². The lowest BCUT2D eigenvalue weighted by atomic mass is 10.0. The number of aromatic amines is 1. The number of thiophene rings is 1. The maximum absolute atomic E-state index is 13.7. The number of nitrogens with one attached hydrogen (secondary N) is 1. The number of hydrogen-bond donors (Lipinski definition) is 1. The molecule has 0 amide bonds. The number of benzene rings is 1. The van der Waals surface area contributed by atoms with Gasteiger partial charge in [-0.3, -0.25) is 4.90 Å². The van der Waals surface area contributed by atoms with Crippen molar-refractivity contribution in [1.82, 2.24) is 14.9 Å². The Kier molecular flexibility index (Phi) is 4.48. The fourth-order valence-corrected chi connectivity index (χ4v) is 5.66. The third-order valence-corrected chi connectivity index (χ3v) is 7.57. The Labute approximate surface area is 187 Å². The number of aromatic nitrogens is 2. The molecule has 1 saturated heterocycles. The molecular formula is C24H21F2N3O2S. The van der Waals surface area contributed by atoms with Crippen LogP contribution in [0.15, 0.2) is 48.8 Å². The van der Waals surface area contributed by atoms with Crippen molar-refractivity contribution in [1.29, 1.82) is 0 Å². The van der Waals surface area contributed by atoms with Gasteiger partial charge >= 0.3 is 6.29 Å². The van der Waals surface area contributed by atoms with Crippen LogP contribution in [0.25, 0.3) is 32.6 Å². The summed E-state index contributed by atoms with van der Waals surface area (Å²) >= 11 is 1.78. The maximum Gasteiger partial charge on any atom is 0.586 e. The number of nitrogens with zero attached hydrogens (tertiary/aromatic N) is 2. The molecule has 1 N–H and O–H groups in total. The second-order valence-electron chi connectivity index (χ2n) is 8.24. The monoisotopic (exact) mass is 453 g/mol. The van der Waals surface area contributed by atoms with Crippen molar-refractivity contribution in [3.05, 3.63) is 53.7 Å². The zero-order valence-corrected chi connectivity index (χ0v) is 18.2. The fourth-order valence-electron chi connectivity index (χ4n) is 4.58. The molecule has 0 saturated carbocycles. The van der Waals surface area contributed by atoms with Crippen LogP contribution < -0.4 is 9.47 Å². The predicted molar refractivity (Wildman–Crippen MR) is 120 cm³/mol. The Bertz CT molecular complexity index is 1310. The molecule has 0 spiro atoms. The van der Waals surface area contributed by atoms with Gasteiger partial charge in [-0.15, -0.1) is 20.1 Å². The van der Waals surface area contributed by atoms with Gasteiger partial charge in [0.15, 0.2) is 11.5 Å². The molecule has 2 aliphatic heterocycles. The Hall–Kier alpha value is -2.97. The van der Waals surface area contributed by atoms with E-state index in [9.17, 15) is 8.78 Å². The minimum absolute atomic E-state index is 0.0322. The Balaban J connectivity index is 1.38. The second-order valence-corrected chi connectivity index (χ2v) is 9.36. The van der Waals surface area contributed by atoms with Crippen LogP contribution in [0, 0.1) is 0 Å². The van der Waals surface area contributed by atoms with E-state index in [1.54, 1.807) is 29.7 Å². The standard InChI is InChI=1S/C24H21F2N3O2S/c1-14(29-9-2-3-10-29)20-7-8-21(32-20)15-11-17-18(13-28-23(17)27-12-15)16-5-4-6-19-22(16)31-24(25,26)30-19/h4-8,11-14H,2-3,9-10H2,1H3,(H,27,28). The smallest absolute Gasteiger partial charge is 0.395 e. The van der Waals surface area contributed by atoms with E-state index < -0.39 is 6.29 Å². The van der Waals surface area contributed by atoms with E-state index in [0.717, 1.165) is 34.5 Å². The van der Waals surface area contributed by atoms with E-state index in [4.69, 9.17) is 4.74 Å². The van der Waals surface area contributed by atoms with Crippen LogP contribution in [0.3, 0.4) is 0 Å². The van der Waals surface area contributed by atoms with Gasteiger partial charge in [-0.05, 0) is 57.1 Å². The fraction of sp³-hybridized carbons (Fsp3) is 0.292. The Morgan fingerprint density at radius 3 is 2.81 bits per heavy atom. The molecular weight excluding hydrogens is 432 g/mol. The molecule has 1 aromatic carbocycles. The number of halogens is 2. The SMILES string of the molecule is CC(c1ccc(-c2cnc3[nH]cc(-c4cccc5c4OC(F)(F)O5)c3c2)s1)N1CCCC1. The molecule has 6 rings (SSSR count). The zero-order chi connectivity index (χ0) is 21.9. The quantitative estimate of drug-likeness (QED) is 0.387. The maximum atomic E-state index is 13.7. The number of fused-ring (bicyclic) bond motifs is 2. The van der Waals surface area contributed by atoms with Gasteiger partial charge in [-0.1, -0.05) is 12.1 Å². The second kappa shape index (κ2) is 7.28. The number of rotatable bonds is 4. The molecule has 3 aromatic heterocycles. The van der Waals surface area contributed by atoms with Gasteiger partial charge in [0.2, 0.25) is 0 Å². The molecule has 0 aliphatic carbocycles. The number of H-pyrrole nitrogens is 1. The molecule has 8 heteroatoms. The van der Waals surface area contributed by atoms with Gasteiger partial charge in [0, 0.05) is 50.3 Å². The molecule has 5 heterocycles. The van der Waals surface area contributed by atoms with E-state index in [1.807, 2.05) is 6.20 Å². The predicted octanol–water partition coefficient (Wildman–Crippen LogP) is 6.44. The van der Waals surface area contributed by atoms with Crippen molar-refractivity contribution < 1.29 is 18.3 Å². The third kappa shape index (κ3) is 3.25. The average molecular weight is 454 g/mol. The highest BCUT2D eigenvalue weighted by molar-refractivity contribution is 7.15. The van der Waals surface area contributed by atoms with Crippen LogP contribution in [0.2, 0.25) is 0 Å². The van der Waals surface area contributed by atoms with Gasteiger partial charge in [0.1, 0.15) is 5.65 Å². The van der Waals surface area contributed by atoms with Crippen LogP contribution in [0.5, 0.6) is 11.5 Å². The first-order valence-electron chi connectivity index (χ1n) is 10.7. The van der Waals surface area contributed by atoms with E-state index in [2.05, 4.69) is 44.7 Å². The number of para-hydroxylation sites is 1. The summed E-state index contributed by atoms with van der Waals surface area (Å²) in [6.07, 6.45) is 2.49. The van der Waals surface area contributed by atoms with E-state index in [0.29, 0.717) is 17.3 Å².